The third-order valence-corrected chi connectivity index (χ3v) is 3.38. The highest BCUT2D eigenvalue weighted by molar-refractivity contribution is 6.31. The summed E-state index contributed by atoms with van der Waals surface area (Å²) in [5.74, 6) is 1.55. The predicted octanol–water partition coefficient (Wildman–Crippen LogP) is 2.47. The van der Waals surface area contributed by atoms with Crippen molar-refractivity contribution >= 4 is 11.6 Å². The molecular formula is C13H16ClN3O. The fourth-order valence-corrected chi connectivity index (χ4v) is 2.15. The van der Waals surface area contributed by atoms with Crippen LogP contribution in [0.25, 0.3) is 0 Å². The monoisotopic (exact) mass is 265 g/mol. The summed E-state index contributed by atoms with van der Waals surface area (Å²) in [6, 6.07) is 3.82. The van der Waals surface area contributed by atoms with Crippen LogP contribution in [-0.2, 0) is 0 Å². The summed E-state index contributed by atoms with van der Waals surface area (Å²) in [5.41, 5.74) is 7.78. The minimum absolute atomic E-state index is 0.0481. The first-order valence-corrected chi connectivity index (χ1v) is 6.08. The van der Waals surface area contributed by atoms with E-state index in [1.165, 1.54) is 0 Å². The molecular weight excluding hydrogens is 250 g/mol. The number of halogens is 1. The molecule has 0 aliphatic carbocycles. The van der Waals surface area contributed by atoms with Gasteiger partial charge in [-0.1, -0.05) is 11.6 Å². The molecule has 0 fully saturated rings. The molecule has 0 spiro atoms. The second kappa shape index (κ2) is 5.42. The van der Waals surface area contributed by atoms with E-state index in [0.29, 0.717) is 11.6 Å². The molecule has 2 rings (SSSR count). The van der Waals surface area contributed by atoms with Crippen molar-refractivity contribution in [2.24, 2.45) is 5.73 Å². The molecule has 0 bridgehead atoms. The number of H-pyrrole nitrogens is 1. The number of aryl methyl sites for hydroxylation is 1. The molecule has 5 heteroatoms. The highest BCUT2D eigenvalue weighted by atomic mass is 35.5. The summed E-state index contributed by atoms with van der Waals surface area (Å²) >= 11 is 6.18. The lowest BCUT2D eigenvalue weighted by molar-refractivity contribution is 0.407. The van der Waals surface area contributed by atoms with Gasteiger partial charge in [0.25, 0.3) is 0 Å². The number of aromatic amines is 1. The van der Waals surface area contributed by atoms with Crippen LogP contribution >= 0.6 is 11.6 Å². The number of nitrogens with zero attached hydrogens (tertiary/aromatic N) is 1. The van der Waals surface area contributed by atoms with E-state index >= 15 is 0 Å². The summed E-state index contributed by atoms with van der Waals surface area (Å²) in [5, 5.41) is 0.704. The molecule has 0 saturated heterocycles. The Labute approximate surface area is 111 Å². The van der Waals surface area contributed by atoms with Crippen LogP contribution < -0.4 is 10.5 Å². The van der Waals surface area contributed by atoms with E-state index in [1.807, 2.05) is 19.1 Å². The van der Waals surface area contributed by atoms with Gasteiger partial charge < -0.3 is 15.5 Å². The topological polar surface area (TPSA) is 63.9 Å². The highest BCUT2D eigenvalue weighted by Crippen LogP contribution is 2.33. The Morgan fingerprint density at radius 3 is 2.83 bits per heavy atom. The maximum absolute atomic E-state index is 6.18. The number of nitrogens with one attached hydrogen (secondary N) is 1. The minimum atomic E-state index is -0.0481. The summed E-state index contributed by atoms with van der Waals surface area (Å²) in [6.45, 7) is 2.38. The number of ether oxygens (including phenoxy) is 1. The molecule has 1 aromatic carbocycles. The van der Waals surface area contributed by atoms with E-state index in [0.717, 1.165) is 22.7 Å². The van der Waals surface area contributed by atoms with Crippen molar-refractivity contribution in [1.29, 1.82) is 0 Å². The zero-order valence-corrected chi connectivity index (χ0v) is 11.2. The molecule has 4 nitrogen and oxygen atoms in total. The number of benzene rings is 1. The van der Waals surface area contributed by atoms with E-state index < -0.39 is 0 Å². The lowest BCUT2D eigenvalue weighted by Gasteiger charge is -2.17. The standard InChI is InChI=1S/C13H16ClN3O/c1-8-5-12(18-2)9(6-11(8)14)10(7-15)13-16-3-4-17-13/h3-6,10H,7,15H2,1-2H3,(H,16,17). The number of nitrogens with two attached hydrogens (primary N) is 1. The molecule has 1 aromatic heterocycles. The van der Waals surface area contributed by atoms with Crippen molar-refractivity contribution in [3.05, 3.63) is 46.5 Å². The van der Waals surface area contributed by atoms with E-state index in [2.05, 4.69) is 9.97 Å². The number of hydrogen-bond acceptors (Lipinski definition) is 3. The molecule has 0 aliphatic rings. The van der Waals surface area contributed by atoms with Gasteiger partial charge in [0, 0.05) is 29.5 Å². The van der Waals surface area contributed by atoms with Gasteiger partial charge in [-0.3, -0.25) is 0 Å². The van der Waals surface area contributed by atoms with Crippen molar-refractivity contribution in [2.75, 3.05) is 13.7 Å². The van der Waals surface area contributed by atoms with E-state index in [9.17, 15) is 0 Å². The Balaban J connectivity index is 2.51. The van der Waals surface area contributed by atoms with Crippen molar-refractivity contribution in [3.63, 3.8) is 0 Å². The van der Waals surface area contributed by atoms with Crippen LogP contribution in [0.1, 0.15) is 22.9 Å². The lowest BCUT2D eigenvalue weighted by atomic mass is 9.96. The van der Waals surface area contributed by atoms with Crippen LogP contribution in [0.3, 0.4) is 0 Å². The second-order valence-electron chi connectivity index (χ2n) is 4.11. The molecule has 1 atom stereocenters. The van der Waals surface area contributed by atoms with E-state index in [-0.39, 0.29) is 5.92 Å². The lowest BCUT2D eigenvalue weighted by Crippen LogP contribution is -2.16. The van der Waals surface area contributed by atoms with Gasteiger partial charge in [0.15, 0.2) is 0 Å². The van der Waals surface area contributed by atoms with Crippen LogP contribution in [0.15, 0.2) is 24.5 Å². The third-order valence-electron chi connectivity index (χ3n) is 2.97. The smallest absolute Gasteiger partial charge is 0.123 e. The van der Waals surface area contributed by atoms with Crippen molar-refractivity contribution in [2.45, 2.75) is 12.8 Å². The molecule has 96 valence electrons. The quantitative estimate of drug-likeness (QED) is 0.893. The Hall–Kier alpha value is -1.52. The molecule has 1 unspecified atom stereocenters. The molecule has 0 saturated carbocycles. The Kier molecular flexibility index (Phi) is 3.89. The summed E-state index contributed by atoms with van der Waals surface area (Å²) in [4.78, 5) is 7.34. The number of imidazole rings is 1. The SMILES string of the molecule is COc1cc(C)c(Cl)cc1C(CN)c1ncc[nH]1. The molecule has 0 radical (unpaired) electrons. The molecule has 18 heavy (non-hydrogen) atoms. The average molecular weight is 266 g/mol. The van der Waals surface area contributed by atoms with Crippen molar-refractivity contribution in [3.8, 4) is 5.75 Å². The van der Waals surface area contributed by atoms with Gasteiger partial charge in [-0.05, 0) is 24.6 Å². The summed E-state index contributed by atoms with van der Waals surface area (Å²) < 4.78 is 5.41. The zero-order valence-electron chi connectivity index (χ0n) is 10.4. The Morgan fingerprint density at radius 2 is 2.28 bits per heavy atom. The molecule has 0 aliphatic heterocycles. The van der Waals surface area contributed by atoms with Crippen molar-refractivity contribution < 1.29 is 4.74 Å². The fourth-order valence-electron chi connectivity index (χ4n) is 1.97. The van der Waals surface area contributed by atoms with Gasteiger partial charge in [-0.15, -0.1) is 0 Å². The second-order valence-corrected chi connectivity index (χ2v) is 4.51. The predicted molar refractivity (Wildman–Crippen MR) is 72.2 cm³/mol. The van der Waals surface area contributed by atoms with Crippen LogP contribution in [0.2, 0.25) is 5.02 Å². The van der Waals surface area contributed by atoms with E-state index in [4.69, 9.17) is 22.1 Å². The van der Waals surface area contributed by atoms with Crippen LogP contribution in [-0.4, -0.2) is 23.6 Å². The molecule has 1 heterocycles. The van der Waals surface area contributed by atoms with Gasteiger partial charge in [-0.2, -0.15) is 0 Å². The van der Waals surface area contributed by atoms with Gasteiger partial charge >= 0.3 is 0 Å². The minimum Gasteiger partial charge on any atom is -0.496 e. The molecule has 3 N–H and O–H groups in total. The van der Waals surface area contributed by atoms with Gasteiger partial charge in [0.1, 0.15) is 11.6 Å². The number of methoxy groups -OCH3 is 1. The van der Waals surface area contributed by atoms with Crippen LogP contribution in [0, 0.1) is 6.92 Å². The molecule has 0 amide bonds. The first-order chi connectivity index (χ1) is 8.67. The first kappa shape index (κ1) is 12.9. The van der Waals surface area contributed by atoms with Crippen LogP contribution in [0.5, 0.6) is 5.75 Å². The fraction of sp³-hybridized carbons (Fsp3) is 0.308. The van der Waals surface area contributed by atoms with Gasteiger partial charge in [0.05, 0.1) is 13.0 Å². The average Bonchev–Trinajstić information content (AvgIpc) is 2.88. The largest absolute Gasteiger partial charge is 0.496 e. The zero-order chi connectivity index (χ0) is 13.1. The number of hydrogen-bond donors (Lipinski definition) is 2. The van der Waals surface area contributed by atoms with Crippen molar-refractivity contribution in [1.82, 2.24) is 9.97 Å². The first-order valence-electron chi connectivity index (χ1n) is 5.70. The Morgan fingerprint density at radius 1 is 1.50 bits per heavy atom. The summed E-state index contributed by atoms with van der Waals surface area (Å²) in [6.07, 6.45) is 3.49. The Bertz CT molecular complexity index is 525. The number of aromatic nitrogens is 2. The maximum atomic E-state index is 6.18. The summed E-state index contributed by atoms with van der Waals surface area (Å²) in [7, 11) is 1.64. The van der Waals surface area contributed by atoms with Gasteiger partial charge in [-0.25, -0.2) is 4.98 Å². The van der Waals surface area contributed by atoms with E-state index in [1.54, 1.807) is 19.5 Å². The highest BCUT2D eigenvalue weighted by Gasteiger charge is 2.20. The molecule has 2 aromatic rings. The number of rotatable bonds is 4. The van der Waals surface area contributed by atoms with Crippen LogP contribution in [0.4, 0.5) is 0 Å². The van der Waals surface area contributed by atoms with Gasteiger partial charge in [0.2, 0.25) is 0 Å². The maximum Gasteiger partial charge on any atom is 0.123 e. The third kappa shape index (κ3) is 2.35. The normalized spacial score (nSPS) is 12.4.